The SMILES string of the molecule is COC(OC)C(C)NS(=O)(=O)c1ccc(Cl)c(F)c1Cl. The fourth-order valence-corrected chi connectivity index (χ4v) is 3.56. The number of methoxy groups -OCH3 is 2. The number of hydrogen-bond acceptors (Lipinski definition) is 4. The van der Waals surface area contributed by atoms with Crippen LogP contribution in [0.2, 0.25) is 10.0 Å². The molecule has 114 valence electrons. The Labute approximate surface area is 127 Å². The lowest BCUT2D eigenvalue weighted by atomic mass is 10.3. The highest BCUT2D eigenvalue weighted by atomic mass is 35.5. The van der Waals surface area contributed by atoms with E-state index in [2.05, 4.69) is 4.72 Å². The third kappa shape index (κ3) is 3.81. The van der Waals surface area contributed by atoms with Gasteiger partial charge in [0.25, 0.3) is 0 Å². The van der Waals surface area contributed by atoms with Crippen molar-refractivity contribution in [2.75, 3.05) is 14.2 Å². The molecule has 0 saturated carbocycles. The molecule has 0 amide bonds. The molecule has 0 bridgehead atoms. The Hall–Kier alpha value is -0.440. The van der Waals surface area contributed by atoms with Crippen molar-refractivity contribution in [2.24, 2.45) is 0 Å². The van der Waals surface area contributed by atoms with Crippen LogP contribution in [0.25, 0.3) is 0 Å². The van der Waals surface area contributed by atoms with Gasteiger partial charge in [0.1, 0.15) is 4.90 Å². The smallest absolute Gasteiger partial charge is 0.242 e. The van der Waals surface area contributed by atoms with Gasteiger partial charge in [-0.25, -0.2) is 17.5 Å². The Morgan fingerprint density at radius 3 is 2.30 bits per heavy atom. The van der Waals surface area contributed by atoms with Crippen molar-refractivity contribution in [3.05, 3.63) is 28.0 Å². The first-order valence-electron chi connectivity index (χ1n) is 5.46. The van der Waals surface area contributed by atoms with Crippen LogP contribution in [0.5, 0.6) is 0 Å². The van der Waals surface area contributed by atoms with E-state index in [1.807, 2.05) is 0 Å². The maximum absolute atomic E-state index is 13.5. The van der Waals surface area contributed by atoms with Gasteiger partial charge in [-0.1, -0.05) is 23.2 Å². The highest BCUT2D eigenvalue weighted by Crippen LogP contribution is 2.29. The lowest BCUT2D eigenvalue weighted by Gasteiger charge is -2.22. The maximum atomic E-state index is 13.5. The largest absolute Gasteiger partial charge is 0.354 e. The van der Waals surface area contributed by atoms with Gasteiger partial charge in [0.05, 0.1) is 16.1 Å². The third-order valence-corrected chi connectivity index (χ3v) is 4.88. The minimum atomic E-state index is -4.04. The third-order valence-electron chi connectivity index (χ3n) is 2.50. The molecule has 0 aromatic heterocycles. The molecule has 0 aliphatic rings. The second kappa shape index (κ2) is 7.02. The Kier molecular flexibility index (Phi) is 6.18. The molecule has 1 N–H and O–H groups in total. The first-order chi connectivity index (χ1) is 9.24. The summed E-state index contributed by atoms with van der Waals surface area (Å²) in [6.07, 6.45) is -0.791. The van der Waals surface area contributed by atoms with E-state index in [4.69, 9.17) is 32.7 Å². The van der Waals surface area contributed by atoms with Gasteiger partial charge >= 0.3 is 0 Å². The number of benzene rings is 1. The van der Waals surface area contributed by atoms with Crippen LogP contribution in [-0.4, -0.2) is 35.0 Å². The normalized spacial score (nSPS) is 13.8. The number of sulfonamides is 1. The number of halogens is 3. The van der Waals surface area contributed by atoms with E-state index in [0.717, 1.165) is 12.1 Å². The zero-order valence-corrected chi connectivity index (χ0v) is 13.3. The molecule has 20 heavy (non-hydrogen) atoms. The number of ether oxygens (including phenoxy) is 2. The molecule has 1 atom stereocenters. The van der Waals surface area contributed by atoms with Gasteiger partial charge in [-0.3, -0.25) is 0 Å². The number of hydrogen-bond donors (Lipinski definition) is 1. The summed E-state index contributed by atoms with van der Waals surface area (Å²) in [7, 11) is -1.30. The lowest BCUT2D eigenvalue weighted by molar-refractivity contribution is -0.115. The van der Waals surface area contributed by atoms with Gasteiger partial charge < -0.3 is 9.47 Å². The van der Waals surface area contributed by atoms with Crippen LogP contribution in [-0.2, 0) is 19.5 Å². The van der Waals surface area contributed by atoms with Gasteiger partial charge in [-0.05, 0) is 19.1 Å². The van der Waals surface area contributed by atoms with Crippen molar-refractivity contribution in [3.8, 4) is 0 Å². The second-order valence-electron chi connectivity index (χ2n) is 3.92. The fourth-order valence-electron chi connectivity index (χ4n) is 1.58. The van der Waals surface area contributed by atoms with Gasteiger partial charge in [-0.15, -0.1) is 0 Å². The van der Waals surface area contributed by atoms with Crippen LogP contribution >= 0.6 is 23.2 Å². The lowest BCUT2D eigenvalue weighted by Crippen LogP contribution is -2.42. The Morgan fingerprint density at radius 2 is 1.80 bits per heavy atom. The molecule has 1 aromatic rings. The van der Waals surface area contributed by atoms with Crippen LogP contribution in [0, 0.1) is 5.82 Å². The summed E-state index contributed by atoms with van der Waals surface area (Å²) in [4.78, 5) is -0.404. The van der Waals surface area contributed by atoms with E-state index >= 15 is 0 Å². The molecule has 5 nitrogen and oxygen atoms in total. The van der Waals surface area contributed by atoms with Crippen LogP contribution in [0.4, 0.5) is 4.39 Å². The highest BCUT2D eigenvalue weighted by molar-refractivity contribution is 7.89. The molecule has 0 saturated heterocycles. The molecule has 1 rings (SSSR count). The van der Waals surface area contributed by atoms with E-state index in [1.54, 1.807) is 0 Å². The van der Waals surface area contributed by atoms with Crippen molar-refractivity contribution in [2.45, 2.75) is 24.2 Å². The number of nitrogens with one attached hydrogen (secondary N) is 1. The van der Waals surface area contributed by atoms with Crippen molar-refractivity contribution in [1.29, 1.82) is 0 Å². The van der Waals surface area contributed by atoms with Gasteiger partial charge in [0.2, 0.25) is 10.0 Å². The van der Waals surface area contributed by atoms with E-state index in [-0.39, 0.29) is 5.02 Å². The van der Waals surface area contributed by atoms with E-state index in [1.165, 1.54) is 21.1 Å². The quantitative estimate of drug-likeness (QED) is 0.635. The Balaban J connectivity index is 3.09. The summed E-state index contributed by atoms with van der Waals surface area (Å²) >= 11 is 11.2. The highest BCUT2D eigenvalue weighted by Gasteiger charge is 2.27. The van der Waals surface area contributed by atoms with Gasteiger partial charge in [0.15, 0.2) is 12.1 Å². The summed E-state index contributed by atoms with van der Waals surface area (Å²) in [6, 6.07) is 1.54. The monoisotopic (exact) mass is 345 g/mol. The molecule has 0 spiro atoms. The fraction of sp³-hybridized carbons (Fsp3) is 0.455. The summed E-state index contributed by atoms with van der Waals surface area (Å²) in [5.41, 5.74) is 0. The Morgan fingerprint density at radius 1 is 1.25 bits per heavy atom. The minimum Gasteiger partial charge on any atom is -0.354 e. The van der Waals surface area contributed by atoms with Crippen molar-refractivity contribution < 1.29 is 22.3 Å². The van der Waals surface area contributed by atoms with Crippen molar-refractivity contribution in [3.63, 3.8) is 0 Å². The second-order valence-corrected chi connectivity index (χ2v) is 6.39. The summed E-state index contributed by atoms with van der Waals surface area (Å²) in [5.74, 6) is -0.987. The van der Waals surface area contributed by atoms with Crippen LogP contribution in [0.1, 0.15) is 6.92 Å². The molecule has 0 fully saturated rings. The van der Waals surface area contributed by atoms with E-state index < -0.39 is 38.1 Å². The van der Waals surface area contributed by atoms with Crippen LogP contribution in [0.15, 0.2) is 17.0 Å². The van der Waals surface area contributed by atoms with Gasteiger partial charge in [0, 0.05) is 14.2 Å². The average Bonchev–Trinajstić information content (AvgIpc) is 2.36. The molecular weight excluding hydrogens is 332 g/mol. The van der Waals surface area contributed by atoms with Crippen LogP contribution < -0.4 is 4.72 Å². The molecule has 9 heteroatoms. The first kappa shape index (κ1) is 17.6. The van der Waals surface area contributed by atoms with Crippen molar-refractivity contribution in [1.82, 2.24) is 4.72 Å². The molecule has 0 radical (unpaired) electrons. The molecule has 0 heterocycles. The minimum absolute atomic E-state index is 0.256. The maximum Gasteiger partial charge on any atom is 0.242 e. The van der Waals surface area contributed by atoms with E-state index in [9.17, 15) is 12.8 Å². The zero-order valence-electron chi connectivity index (χ0n) is 11.0. The summed E-state index contributed by atoms with van der Waals surface area (Å²) in [6.45, 7) is 1.54. The van der Waals surface area contributed by atoms with Crippen molar-refractivity contribution >= 4 is 33.2 Å². The zero-order chi connectivity index (χ0) is 15.5. The first-order valence-corrected chi connectivity index (χ1v) is 7.70. The number of rotatable bonds is 6. The van der Waals surface area contributed by atoms with Gasteiger partial charge in [-0.2, -0.15) is 0 Å². The van der Waals surface area contributed by atoms with Crippen LogP contribution in [0.3, 0.4) is 0 Å². The molecule has 0 aliphatic carbocycles. The predicted octanol–water partition coefficient (Wildman–Crippen LogP) is 2.42. The summed E-state index contributed by atoms with van der Waals surface area (Å²) < 4.78 is 50.0. The Bertz CT molecular complexity index is 578. The topological polar surface area (TPSA) is 64.6 Å². The predicted molar refractivity (Wildman–Crippen MR) is 74.0 cm³/mol. The molecule has 0 aliphatic heterocycles. The molecule has 1 unspecified atom stereocenters. The molecule has 1 aromatic carbocycles. The van der Waals surface area contributed by atoms with E-state index in [0.29, 0.717) is 0 Å². The summed E-state index contributed by atoms with van der Waals surface area (Å²) in [5, 5.41) is -0.822. The standard InChI is InChI=1S/C11H14Cl2FNO4S/c1-6(11(18-2)19-3)15-20(16,17)8-5-4-7(12)10(14)9(8)13/h4-6,11,15H,1-3H3. The average molecular weight is 346 g/mol. The molecular formula is C11H14Cl2FNO4S.